The Kier molecular flexibility index (Phi) is 5.08. The van der Waals surface area contributed by atoms with Crippen LogP contribution in [-0.2, 0) is 4.79 Å². The molecule has 1 aromatic carbocycles. The van der Waals surface area contributed by atoms with E-state index in [1.807, 2.05) is 4.90 Å². The molecule has 130 valence electrons. The van der Waals surface area contributed by atoms with Gasteiger partial charge in [0.05, 0.1) is 19.5 Å². The quantitative estimate of drug-likeness (QED) is 0.817. The topological polar surface area (TPSA) is 87.7 Å². The number of rotatable bonds is 5. The summed E-state index contributed by atoms with van der Waals surface area (Å²) in [6.07, 6.45) is 3.90. The fourth-order valence-corrected chi connectivity index (χ4v) is 2.53. The van der Waals surface area contributed by atoms with Crippen LogP contribution in [0.5, 0.6) is 5.75 Å². The van der Waals surface area contributed by atoms with Gasteiger partial charge in [-0.2, -0.15) is 0 Å². The van der Waals surface area contributed by atoms with Crippen molar-refractivity contribution in [1.29, 1.82) is 0 Å². The number of nitrogens with one attached hydrogen (secondary N) is 1. The lowest BCUT2D eigenvalue weighted by Gasteiger charge is -2.33. The Balaban J connectivity index is 1.61. The predicted octanol–water partition coefficient (Wildman–Crippen LogP) is 1.02. The molecule has 0 spiro atoms. The van der Waals surface area contributed by atoms with Crippen LogP contribution in [0.4, 0.5) is 11.5 Å². The molecule has 8 heteroatoms. The predicted molar refractivity (Wildman–Crippen MR) is 92.8 cm³/mol. The molecule has 25 heavy (non-hydrogen) atoms. The van der Waals surface area contributed by atoms with Gasteiger partial charge in [-0.25, -0.2) is 9.97 Å². The average molecular weight is 341 g/mol. The fraction of sp³-hybridized carbons (Fsp3) is 0.294. The van der Waals surface area contributed by atoms with E-state index in [1.54, 1.807) is 42.5 Å². The minimum absolute atomic E-state index is 0.242. The van der Waals surface area contributed by atoms with Gasteiger partial charge in [-0.15, -0.1) is 0 Å². The molecule has 1 fully saturated rings. The molecule has 0 aliphatic carbocycles. The zero-order valence-electron chi connectivity index (χ0n) is 13.9. The number of hydrogen-bond donors (Lipinski definition) is 1. The second-order valence-corrected chi connectivity index (χ2v) is 5.57. The van der Waals surface area contributed by atoms with E-state index < -0.39 is 0 Å². The first kappa shape index (κ1) is 16.7. The van der Waals surface area contributed by atoms with Crippen LogP contribution in [0.15, 0.2) is 36.7 Å². The molecule has 1 saturated heterocycles. The Morgan fingerprint density at radius 2 is 1.84 bits per heavy atom. The van der Waals surface area contributed by atoms with Gasteiger partial charge >= 0.3 is 0 Å². The fourth-order valence-electron chi connectivity index (χ4n) is 2.53. The summed E-state index contributed by atoms with van der Waals surface area (Å²) in [6, 6.07) is 7.04. The monoisotopic (exact) mass is 341 g/mol. The molecule has 0 unspecified atom stereocenters. The molecule has 2 aromatic rings. The van der Waals surface area contributed by atoms with E-state index >= 15 is 0 Å². The largest absolute Gasteiger partial charge is 0.497 e. The van der Waals surface area contributed by atoms with E-state index in [-0.39, 0.29) is 11.6 Å². The van der Waals surface area contributed by atoms with Crippen LogP contribution in [-0.4, -0.2) is 60.5 Å². The molecule has 1 aliphatic heterocycles. The van der Waals surface area contributed by atoms with Crippen molar-refractivity contribution in [2.24, 2.45) is 0 Å². The molecule has 0 saturated carbocycles. The molecule has 2 amide bonds. The SMILES string of the molecule is COc1ccc(NC(=O)c2cnc(N3CCN(C=O)CC3)cn2)cc1. The Morgan fingerprint density at radius 1 is 1.12 bits per heavy atom. The van der Waals surface area contributed by atoms with Gasteiger partial charge in [-0.1, -0.05) is 0 Å². The number of benzene rings is 1. The number of nitrogens with zero attached hydrogens (tertiary/aromatic N) is 4. The van der Waals surface area contributed by atoms with Crippen LogP contribution < -0.4 is 15.0 Å². The number of hydrogen-bond acceptors (Lipinski definition) is 6. The highest BCUT2D eigenvalue weighted by Gasteiger charge is 2.17. The molecule has 1 aromatic heterocycles. The number of carbonyl (C=O) groups excluding carboxylic acids is 2. The van der Waals surface area contributed by atoms with Crippen molar-refractivity contribution in [2.75, 3.05) is 43.5 Å². The minimum atomic E-state index is -0.324. The Bertz CT molecular complexity index is 725. The van der Waals surface area contributed by atoms with Gasteiger partial charge in [-0.3, -0.25) is 9.59 Å². The lowest BCUT2D eigenvalue weighted by molar-refractivity contribution is -0.118. The molecule has 1 aliphatic rings. The van der Waals surface area contributed by atoms with Crippen molar-refractivity contribution < 1.29 is 14.3 Å². The van der Waals surface area contributed by atoms with Gasteiger partial charge in [0, 0.05) is 31.9 Å². The van der Waals surface area contributed by atoms with Crippen LogP contribution in [0.2, 0.25) is 0 Å². The van der Waals surface area contributed by atoms with E-state index in [0.717, 1.165) is 12.2 Å². The summed E-state index contributed by atoms with van der Waals surface area (Å²) in [5, 5.41) is 2.77. The van der Waals surface area contributed by atoms with Gasteiger partial charge in [-0.05, 0) is 24.3 Å². The number of aromatic nitrogens is 2. The molecule has 2 heterocycles. The third kappa shape index (κ3) is 4.03. The number of piperazine rings is 1. The summed E-state index contributed by atoms with van der Waals surface area (Å²) < 4.78 is 5.08. The summed E-state index contributed by atoms with van der Waals surface area (Å²) in [5.74, 6) is 1.10. The number of ether oxygens (including phenoxy) is 1. The summed E-state index contributed by atoms with van der Waals surface area (Å²) in [6.45, 7) is 2.71. The van der Waals surface area contributed by atoms with Crippen molar-refractivity contribution in [3.05, 3.63) is 42.4 Å². The van der Waals surface area contributed by atoms with E-state index in [2.05, 4.69) is 15.3 Å². The van der Waals surface area contributed by atoms with Gasteiger partial charge < -0.3 is 19.9 Å². The number of amides is 2. The van der Waals surface area contributed by atoms with E-state index in [4.69, 9.17) is 4.74 Å². The average Bonchev–Trinajstić information content (AvgIpc) is 2.69. The molecule has 1 N–H and O–H groups in total. The zero-order valence-corrected chi connectivity index (χ0v) is 13.9. The van der Waals surface area contributed by atoms with Crippen molar-refractivity contribution in [1.82, 2.24) is 14.9 Å². The molecular weight excluding hydrogens is 322 g/mol. The highest BCUT2D eigenvalue weighted by molar-refractivity contribution is 6.02. The lowest BCUT2D eigenvalue weighted by atomic mass is 10.3. The second kappa shape index (κ2) is 7.61. The maximum atomic E-state index is 12.2. The Labute approximate surface area is 145 Å². The minimum Gasteiger partial charge on any atom is -0.497 e. The first-order valence-corrected chi connectivity index (χ1v) is 7.91. The van der Waals surface area contributed by atoms with Crippen LogP contribution in [0.25, 0.3) is 0 Å². The first-order chi connectivity index (χ1) is 12.2. The van der Waals surface area contributed by atoms with Gasteiger partial charge in [0.1, 0.15) is 17.3 Å². The maximum absolute atomic E-state index is 12.2. The van der Waals surface area contributed by atoms with Crippen molar-refractivity contribution >= 4 is 23.8 Å². The highest BCUT2D eigenvalue weighted by atomic mass is 16.5. The summed E-state index contributed by atoms with van der Waals surface area (Å²) in [4.78, 5) is 35.3. The number of anilines is 2. The maximum Gasteiger partial charge on any atom is 0.275 e. The van der Waals surface area contributed by atoms with Gasteiger partial charge in [0.25, 0.3) is 5.91 Å². The van der Waals surface area contributed by atoms with Gasteiger partial charge in [0.2, 0.25) is 6.41 Å². The van der Waals surface area contributed by atoms with Gasteiger partial charge in [0.15, 0.2) is 0 Å². The smallest absolute Gasteiger partial charge is 0.275 e. The van der Waals surface area contributed by atoms with E-state index in [9.17, 15) is 9.59 Å². The number of methoxy groups -OCH3 is 1. The molecule has 0 bridgehead atoms. The zero-order chi connectivity index (χ0) is 17.6. The lowest BCUT2D eigenvalue weighted by Crippen LogP contribution is -2.46. The molecule has 0 radical (unpaired) electrons. The summed E-state index contributed by atoms with van der Waals surface area (Å²) in [5.41, 5.74) is 0.896. The molecule has 3 rings (SSSR count). The summed E-state index contributed by atoms with van der Waals surface area (Å²) in [7, 11) is 1.59. The van der Waals surface area contributed by atoms with Crippen molar-refractivity contribution in [3.63, 3.8) is 0 Å². The third-order valence-corrected chi connectivity index (χ3v) is 4.01. The van der Waals surface area contributed by atoms with E-state index in [1.165, 1.54) is 6.20 Å². The second-order valence-electron chi connectivity index (χ2n) is 5.57. The third-order valence-electron chi connectivity index (χ3n) is 4.01. The first-order valence-electron chi connectivity index (χ1n) is 7.91. The normalized spacial score (nSPS) is 14.1. The van der Waals surface area contributed by atoms with Crippen LogP contribution >= 0.6 is 0 Å². The van der Waals surface area contributed by atoms with Crippen LogP contribution in [0.3, 0.4) is 0 Å². The van der Waals surface area contributed by atoms with Crippen molar-refractivity contribution in [3.8, 4) is 5.75 Å². The molecule has 8 nitrogen and oxygen atoms in total. The van der Waals surface area contributed by atoms with Crippen LogP contribution in [0.1, 0.15) is 10.5 Å². The van der Waals surface area contributed by atoms with Crippen LogP contribution in [0, 0.1) is 0 Å². The molecule has 0 atom stereocenters. The summed E-state index contributed by atoms with van der Waals surface area (Å²) >= 11 is 0. The van der Waals surface area contributed by atoms with Crippen molar-refractivity contribution in [2.45, 2.75) is 0 Å². The van der Waals surface area contributed by atoms with E-state index in [0.29, 0.717) is 37.7 Å². The Morgan fingerprint density at radius 3 is 2.40 bits per heavy atom. The standard InChI is InChI=1S/C17H19N5O3/c1-25-14-4-2-13(3-5-14)20-17(24)15-10-19-16(11-18-15)22-8-6-21(12-23)7-9-22/h2-5,10-12H,6-9H2,1H3,(H,20,24). The highest BCUT2D eigenvalue weighted by Crippen LogP contribution is 2.16. The Hall–Kier alpha value is -3.16. The molecular formula is C17H19N5O3. The number of carbonyl (C=O) groups is 2.